The minimum atomic E-state index is -6.00. The van der Waals surface area contributed by atoms with Crippen LogP contribution in [-0.4, -0.2) is 32.4 Å². The normalized spacial score (nSPS) is 10.6. The van der Waals surface area contributed by atoms with E-state index in [0.717, 1.165) is 16.7 Å². The van der Waals surface area contributed by atoms with Gasteiger partial charge in [-0.1, -0.05) is 60.7 Å². The van der Waals surface area contributed by atoms with Crippen molar-refractivity contribution in [1.82, 2.24) is 0 Å². The Morgan fingerprint density at radius 3 is 1.56 bits per heavy atom. The second kappa shape index (κ2) is 12.5. The summed E-state index contributed by atoms with van der Waals surface area (Å²) in [6.45, 7) is 4.35. The number of carbonyl (C=O) groups is 2. The molecule has 10 heteroatoms. The van der Waals surface area contributed by atoms with Gasteiger partial charge in [0.25, 0.3) is 11.4 Å². The van der Waals surface area contributed by atoms with Crippen LogP contribution in [-0.2, 0) is 16.0 Å². The molecule has 1 aromatic heterocycles. The zero-order valence-electron chi connectivity index (χ0n) is 18.7. The topological polar surface area (TPSA) is 56.5 Å². The number of carbonyl (C=O) groups excluding carboxylic acids is 2. The molecule has 0 radical (unpaired) electrons. The molecule has 0 aliphatic rings. The predicted molar refractivity (Wildman–Crippen MR) is 120 cm³/mol. The number of rotatable bonds is 7. The van der Waals surface area contributed by atoms with Crippen LogP contribution in [0.4, 0.5) is 17.3 Å². The Labute approximate surface area is 195 Å². The number of nitrogens with zero attached hydrogens (tertiary/aromatic N) is 1. The molecule has 0 saturated heterocycles. The number of ether oxygens (including phenoxy) is 2. The van der Waals surface area contributed by atoms with Crippen LogP contribution >= 0.6 is 0 Å². The zero-order chi connectivity index (χ0) is 25.1. The standard InChI is InChI=1S/C24H24NO4.BF4/c1-3-28-23(26)21-15-20(19-13-9-6-10-14-19)16-22(24(27)29-4-2)25(21)17-18-11-7-5-8-12-18;2-1(3,4)5/h5-16H,3-4,17H2,1-2H3;/q+1;-1. The van der Waals surface area contributed by atoms with Gasteiger partial charge < -0.3 is 26.7 Å². The Morgan fingerprint density at radius 1 is 0.735 bits per heavy atom. The molecule has 0 aliphatic carbocycles. The van der Waals surface area contributed by atoms with E-state index in [1.54, 1.807) is 30.5 Å². The van der Waals surface area contributed by atoms with Crippen LogP contribution in [0.25, 0.3) is 11.1 Å². The molecule has 0 aliphatic heterocycles. The van der Waals surface area contributed by atoms with E-state index < -0.39 is 19.2 Å². The molecule has 180 valence electrons. The van der Waals surface area contributed by atoms with Crippen LogP contribution in [0.1, 0.15) is 40.4 Å². The maximum atomic E-state index is 12.8. The molecule has 5 nitrogen and oxygen atoms in total. The number of benzene rings is 2. The maximum Gasteiger partial charge on any atom is 0.673 e. The number of hydrogen-bond donors (Lipinski definition) is 0. The number of esters is 2. The third kappa shape index (κ3) is 8.34. The van der Waals surface area contributed by atoms with E-state index in [-0.39, 0.29) is 13.2 Å². The average Bonchev–Trinajstić information content (AvgIpc) is 2.79. The molecule has 0 spiro atoms. The van der Waals surface area contributed by atoms with Crippen LogP contribution in [0.5, 0.6) is 0 Å². The SMILES string of the molecule is CCOC(=O)c1cc(-c2ccccc2)cc(C(=O)OCC)[n+]1Cc1ccccc1.F[B-](F)(F)F. The summed E-state index contributed by atoms with van der Waals surface area (Å²) < 4.78 is 51.2. The summed E-state index contributed by atoms with van der Waals surface area (Å²) in [5.41, 5.74) is 3.22. The van der Waals surface area contributed by atoms with Gasteiger partial charge in [0.05, 0.1) is 13.2 Å². The van der Waals surface area contributed by atoms with Crippen molar-refractivity contribution in [2.24, 2.45) is 0 Å². The number of halogens is 4. The summed E-state index contributed by atoms with van der Waals surface area (Å²) >= 11 is 0. The number of aromatic nitrogens is 1. The summed E-state index contributed by atoms with van der Waals surface area (Å²) in [5.74, 6) is -0.960. The lowest BCUT2D eigenvalue weighted by Gasteiger charge is -2.11. The van der Waals surface area contributed by atoms with Gasteiger partial charge in [-0.3, -0.25) is 0 Å². The molecule has 34 heavy (non-hydrogen) atoms. The van der Waals surface area contributed by atoms with Gasteiger partial charge in [-0.25, -0.2) is 9.59 Å². The minimum Gasteiger partial charge on any atom is -0.458 e. The predicted octanol–water partition coefficient (Wildman–Crippen LogP) is 5.34. The summed E-state index contributed by atoms with van der Waals surface area (Å²) in [6, 6.07) is 22.8. The summed E-state index contributed by atoms with van der Waals surface area (Å²) in [7, 11) is -6.00. The second-order valence-corrected chi connectivity index (χ2v) is 6.89. The van der Waals surface area contributed by atoms with Crippen molar-refractivity contribution in [2.45, 2.75) is 20.4 Å². The maximum absolute atomic E-state index is 12.8. The zero-order valence-corrected chi connectivity index (χ0v) is 18.7. The highest BCUT2D eigenvalue weighted by Crippen LogP contribution is 2.21. The molecule has 2 aromatic carbocycles. The van der Waals surface area contributed by atoms with Gasteiger partial charge in [0, 0.05) is 17.7 Å². The first-order valence-electron chi connectivity index (χ1n) is 10.5. The van der Waals surface area contributed by atoms with E-state index in [1.165, 1.54) is 0 Å². The van der Waals surface area contributed by atoms with Crippen LogP contribution in [0, 0.1) is 0 Å². The van der Waals surface area contributed by atoms with Gasteiger partial charge in [-0.05, 0) is 25.0 Å². The van der Waals surface area contributed by atoms with Crippen molar-refractivity contribution in [3.05, 3.63) is 89.7 Å². The molecule has 1 heterocycles. The lowest BCUT2D eigenvalue weighted by Crippen LogP contribution is -2.47. The third-order valence-corrected chi connectivity index (χ3v) is 4.43. The van der Waals surface area contributed by atoms with E-state index in [9.17, 15) is 26.9 Å². The smallest absolute Gasteiger partial charge is 0.458 e. The van der Waals surface area contributed by atoms with Crippen molar-refractivity contribution in [2.75, 3.05) is 13.2 Å². The molecule has 0 unspecified atom stereocenters. The Kier molecular flexibility index (Phi) is 9.79. The lowest BCUT2D eigenvalue weighted by molar-refractivity contribution is -0.693. The first-order valence-corrected chi connectivity index (χ1v) is 10.5. The van der Waals surface area contributed by atoms with Gasteiger partial charge in [0.1, 0.15) is 0 Å². The summed E-state index contributed by atoms with van der Waals surface area (Å²) in [6.07, 6.45) is 0. The lowest BCUT2D eigenvalue weighted by atomic mass is 10.0. The van der Waals surface area contributed by atoms with Crippen LogP contribution < -0.4 is 4.57 Å². The molecule has 0 amide bonds. The molecule has 0 atom stereocenters. The Hall–Kier alpha value is -3.69. The van der Waals surface area contributed by atoms with Gasteiger partial charge in [0.15, 0.2) is 6.54 Å². The highest BCUT2D eigenvalue weighted by Gasteiger charge is 2.31. The summed E-state index contributed by atoms with van der Waals surface area (Å²) in [4.78, 5) is 25.6. The molecule has 0 N–H and O–H groups in total. The van der Waals surface area contributed by atoms with Crippen molar-refractivity contribution in [3.63, 3.8) is 0 Å². The average molecular weight is 477 g/mol. The monoisotopic (exact) mass is 477 g/mol. The Bertz CT molecular complexity index is 1050. The summed E-state index contributed by atoms with van der Waals surface area (Å²) in [5, 5.41) is 0. The van der Waals surface area contributed by atoms with Crippen LogP contribution in [0.15, 0.2) is 72.8 Å². The molecule has 3 rings (SSSR count). The van der Waals surface area contributed by atoms with Gasteiger partial charge >= 0.3 is 19.2 Å². The fourth-order valence-corrected chi connectivity index (χ4v) is 3.10. The molecule has 3 aromatic rings. The van der Waals surface area contributed by atoms with E-state index in [2.05, 4.69) is 0 Å². The first-order chi connectivity index (χ1) is 16.1. The van der Waals surface area contributed by atoms with Crippen molar-refractivity contribution in [3.8, 4) is 11.1 Å². The molecular formula is C24H24BF4NO4. The minimum absolute atomic E-state index is 0.245. The van der Waals surface area contributed by atoms with E-state index in [1.807, 2.05) is 60.7 Å². The Balaban J connectivity index is 0.000000739. The number of hydrogen-bond acceptors (Lipinski definition) is 4. The van der Waals surface area contributed by atoms with Crippen LogP contribution in [0.3, 0.4) is 0 Å². The molecular weight excluding hydrogens is 453 g/mol. The van der Waals surface area contributed by atoms with E-state index in [0.29, 0.717) is 17.9 Å². The van der Waals surface area contributed by atoms with Gasteiger partial charge in [-0.15, -0.1) is 0 Å². The van der Waals surface area contributed by atoms with E-state index >= 15 is 0 Å². The van der Waals surface area contributed by atoms with Crippen LogP contribution in [0.2, 0.25) is 0 Å². The molecule has 0 fully saturated rings. The quantitative estimate of drug-likeness (QED) is 0.200. The molecule has 0 bridgehead atoms. The fraction of sp³-hybridized carbons (Fsp3) is 0.208. The second-order valence-electron chi connectivity index (χ2n) is 6.89. The van der Waals surface area contributed by atoms with Crippen molar-refractivity contribution >= 4 is 19.2 Å². The number of pyridine rings is 1. The van der Waals surface area contributed by atoms with Gasteiger partial charge in [0.2, 0.25) is 0 Å². The first kappa shape index (κ1) is 26.6. The van der Waals surface area contributed by atoms with Crippen molar-refractivity contribution < 1.29 is 40.9 Å². The fourth-order valence-electron chi connectivity index (χ4n) is 3.10. The highest BCUT2D eigenvalue weighted by molar-refractivity contribution is 6.50. The van der Waals surface area contributed by atoms with Gasteiger partial charge in [-0.2, -0.15) is 4.57 Å². The molecule has 0 saturated carbocycles. The largest absolute Gasteiger partial charge is 0.673 e. The third-order valence-electron chi connectivity index (χ3n) is 4.43. The Morgan fingerprint density at radius 2 is 1.15 bits per heavy atom. The van der Waals surface area contributed by atoms with E-state index in [4.69, 9.17) is 9.47 Å². The highest BCUT2D eigenvalue weighted by atomic mass is 19.5. The van der Waals surface area contributed by atoms with Crippen molar-refractivity contribution in [1.29, 1.82) is 0 Å².